The molecule has 0 spiro atoms. The zero-order chi connectivity index (χ0) is 20.7. The van der Waals surface area contributed by atoms with Gasteiger partial charge in [-0.05, 0) is 69.4 Å². The van der Waals surface area contributed by atoms with Crippen molar-refractivity contribution in [2.24, 2.45) is 0 Å². The lowest BCUT2D eigenvalue weighted by molar-refractivity contribution is 0.0596. The Hall–Kier alpha value is -0.980. The summed E-state index contributed by atoms with van der Waals surface area (Å²) < 4.78 is 16.1. The second kappa shape index (κ2) is 11.1. The molecule has 0 heterocycles. The van der Waals surface area contributed by atoms with Gasteiger partial charge in [0.15, 0.2) is 0 Å². The molecule has 0 aromatic heterocycles. The highest BCUT2D eigenvalue weighted by atomic mass is 127. The van der Waals surface area contributed by atoms with Crippen molar-refractivity contribution in [2.75, 3.05) is 21.3 Å². The van der Waals surface area contributed by atoms with Gasteiger partial charge in [-0.3, -0.25) is 0 Å². The summed E-state index contributed by atoms with van der Waals surface area (Å²) in [4.78, 5) is 22.0. The number of benzene rings is 2. The number of hydrogen-bond acceptors (Lipinski definition) is 5. The van der Waals surface area contributed by atoms with Gasteiger partial charge in [-0.15, -0.1) is 0 Å². The van der Waals surface area contributed by atoms with Crippen LogP contribution in [0.1, 0.15) is 20.7 Å². The van der Waals surface area contributed by atoms with Crippen molar-refractivity contribution >= 4 is 80.3 Å². The predicted octanol–water partition coefficient (Wildman–Crippen LogP) is 5.39. The molecule has 146 valence electrons. The molecule has 0 fully saturated rings. The molecule has 6 nitrogen and oxygen atoms in total. The summed E-state index contributed by atoms with van der Waals surface area (Å²) in [5.41, 5.74) is 0.410. The molecule has 27 heavy (non-hydrogen) atoms. The minimum Gasteiger partial charge on any atom is -0.496 e. The number of carbonyl (C=O) groups is 2. The van der Waals surface area contributed by atoms with Crippen LogP contribution in [0.2, 0.25) is 10.0 Å². The Morgan fingerprint density at radius 2 is 1.26 bits per heavy atom. The minimum atomic E-state index is -1.05. The van der Waals surface area contributed by atoms with Crippen molar-refractivity contribution in [3.63, 3.8) is 0 Å². The van der Waals surface area contributed by atoms with E-state index in [1.54, 1.807) is 12.1 Å². The molecule has 0 aliphatic heterocycles. The summed E-state index contributed by atoms with van der Waals surface area (Å²) in [5, 5.41) is 9.69. The number of ether oxygens (including phenoxy) is 3. The Bertz CT molecular complexity index is 858. The van der Waals surface area contributed by atoms with Crippen molar-refractivity contribution < 1.29 is 28.9 Å². The topological polar surface area (TPSA) is 82.1 Å². The van der Waals surface area contributed by atoms with Crippen LogP contribution in [-0.2, 0) is 4.74 Å². The third kappa shape index (κ3) is 6.54. The molecule has 10 heteroatoms. The van der Waals surface area contributed by atoms with Crippen molar-refractivity contribution in [3.05, 3.63) is 52.6 Å². The smallest absolute Gasteiger partial charge is 0.341 e. The van der Waals surface area contributed by atoms with E-state index < -0.39 is 11.9 Å². The zero-order valence-electron chi connectivity index (χ0n) is 14.3. The largest absolute Gasteiger partial charge is 0.496 e. The van der Waals surface area contributed by atoms with Crippen LogP contribution in [0, 0.1) is 7.14 Å². The molecular formula is C17H14Cl2I2O6. The van der Waals surface area contributed by atoms with E-state index in [0.717, 1.165) is 7.14 Å². The van der Waals surface area contributed by atoms with Crippen molar-refractivity contribution in [3.8, 4) is 11.5 Å². The molecule has 0 amide bonds. The lowest BCUT2D eigenvalue weighted by Crippen LogP contribution is -2.04. The Kier molecular flexibility index (Phi) is 9.91. The fourth-order valence-electron chi connectivity index (χ4n) is 1.83. The predicted molar refractivity (Wildman–Crippen MR) is 120 cm³/mol. The van der Waals surface area contributed by atoms with E-state index in [9.17, 15) is 9.59 Å². The van der Waals surface area contributed by atoms with E-state index in [1.807, 2.05) is 22.6 Å². The Balaban J connectivity index is 0.000000271. The van der Waals surface area contributed by atoms with Gasteiger partial charge in [0.1, 0.15) is 22.6 Å². The fraction of sp³-hybridized carbons (Fsp3) is 0.176. The Morgan fingerprint density at radius 1 is 0.852 bits per heavy atom. The molecule has 0 saturated carbocycles. The summed E-state index contributed by atoms with van der Waals surface area (Å²) in [6, 6.07) is 6.19. The van der Waals surface area contributed by atoms with Crippen molar-refractivity contribution in [2.45, 2.75) is 0 Å². The first-order chi connectivity index (χ1) is 12.7. The van der Waals surface area contributed by atoms with Crippen LogP contribution in [-0.4, -0.2) is 38.4 Å². The Labute approximate surface area is 193 Å². The average molecular weight is 639 g/mol. The normalized spacial score (nSPS) is 9.74. The molecule has 0 bridgehead atoms. The van der Waals surface area contributed by atoms with Crippen molar-refractivity contribution in [1.29, 1.82) is 0 Å². The molecule has 0 unspecified atom stereocenters. The highest BCUT2D eigenvalue weighted by Crippen LogP contribution is 2.29. The molecule has 0 atom stereocenters. The number of esters is 1. The average Bonchev–Trinajstić information content (AvgIpc) is 2.64. The fourth-order valence-corrected chi connectivity index (χ4v) is 3.04. The van der Waals surface area contributed by atoms with Gasteiger partial charge < -0.3 is 19.3 Å². The molecule has 0 radical (unpaired) electrons. The Morgan fingerprint density at radius 3 is 1.63 bits per heavy atom. The number of carboxylic acids is 1. The third-order valence-corrected chi connectivity index (χ3v) is 6.17. The molecule has 2 aromatic rings. The van der Waals surface area contributed by atoms with E-state index in [4.69, 9.17) is 37.8 Å². The number of halogens is 4. The third-order valence-electron chi connectivity index (χ3n) is 3.12. The van der Waals surface area contributed by atoms with E-state index in [2.05, 4.69) is 27.3 Å². The number of hydrogen-bond donors (Lipinski definition) is 1. The number of carboxylic acid groups (broad SMARTS) is 1. The van der Waals surface area contributed by atoms with Crippen molar-refractivity contribution in [1.82, 2.24) is 0 Å². The minimum absolute atomic E-state index is 0.0768. The molecule has 2 aromatic carbocycles. The lowest BCUT2D eigenvalue weighted by atomic mass is 10.2. The zero-order valence-corrected chi connectivity index (χ0v) is 20.1. The van der Waals surface area contributed by atoms with Crippen LogP contribution >= 0.6 is 68.4 Å². The quantitative estimate of drug-likeness (QED) is 0.357. The lowest BCUT2D eigenvalue weighted by Gasteiger charge is -2.08. The summed E-state index contributed by atoms with van der Waals surface area (Å²) in [5.74, 6) is -0.720. The van der Waals surface area contributed by atoms with Crippen LogP contribution in [0.15, 0.2) is 24.3 Å². The van der Waals surface area contributed by atoms with Crippen LogP contribution in [0.25, 0.3) is 0 Å². The summed E-state index contributed by atoms with van der Waals surface area (Å²) in [6.45, 7) is 0. The summed E-state index contributed by atoms with van der Waals surface area (Å²) in [7, 11) is 4.23. The van der Waals surface area contributed by atoms with Gasteiger partial charge in [0.05, 0.1) is 31.4 Å². The van der Waals surface area contributed by atoms with Gasteiger partial charge in [-0.1, -0.05) is 23.2 Å². The van der Waals surface area contributed by atoms with E-state index in [0.29, 0.717) is 27.1 Å². The molecule has 2 rings (SSSR count). The van der Waals surface area contributed by atoms with Gasteiger partial charge in [0.25, 0.3) is 0 Å². The van der Waals surface area contributed by atoms with Gasteiger partial charge in [0.2, 0.25) is 0 Å². The number of methoxy groups -OCH3 is 3. The molecule has 0 aliphatic carbocycles. The number of aromatic carboxylic acids is 1. The summed E-state index contributed by atoms with van der Waals surface area (Å²) in [6.07, 6.45) is 0. The van der Waals surface area contributed by atoms with Gasteiger partial charge in [0, 0.05) is 7.14 Å². The number of rotatable bonds is 4. The molecule has 0 saturated heterocycles. The maximum atomic E-state index is 11.3. The van der Waals surface area contributed by atoms with Crippen LogP contribution in [0.4, 0.5) is 0 Å². The second-order valence-corrected chi connectivity index (χ2v) is 7.87. The van der Waals surface area contributed by atoms with Gasteiger partial charge in [-0.2, -0.15) is 0 Å². The van der Waals surface area contributed by atoms with E-state index in [-0.39, 0.29) is 5.56 Å². The summed E-state index contributed by atoms with van der Waals surface area (Å²) >= 11 is 15.7. The molecular weight excluding hydrogens is 625 g/mol. The highest BCUT2D eigenvalue weighted by Gasteiger charge is 2.15. The van der Waals surface area contributed by atoms with Crippen LogP contribution in [0.5, 0.6) is 11.5 Å². The van der Waals surface area contributed by atoms with Crippen LogP contribution in [0.3, 0.4) is 0 Å². The SMILES string of the molecule is COC(=O)c1cc(Cl)c(I)cc1OC.COc1cc(I)c(Cl)cc1C(=O)O. The maximum absolute atomic E-state index is 11.3. The molecule has 1 N–H and O–H groups in total. The number of carbonyl (C=O) groups excluding carboxylic acids is 1. The monoisotopic (exact) mass is 638 g/mol. The first kappa shape index (κ1) is 24.1. The van der Waals surface area contributed by atoms with E-state index >= 15 is 0 Å². The van der Waals surface area contributed by atoms with Gasteiger partial charge in [-0.25, -0.2) is 9.59 Å². The van der Waals surface area contributed by atoms with Crippen LogP contribution < -0.4 is 9.47 Å². The standard InChI is InChI=1S/C9H8ClIO3.C8H6ClIO3/c1-13-8-4-7(11)6(10)3-5(8)9(12)14-2;1-13-7-3-6(10)5(9)2-4(7)8(11)12/h3-4H,1-2H3;2-3H,1H3,(H,11,12). The maximum Gasteiger partial charge on any atom is 0.341 e. The van der Waals surface area contributed by atoms with E-state index in [1.165, 1.54) is 33.5 Å². The highest BCUT2D eigenvalue weighted by molar-refractivity contribution is 14.1. The first-order valence-corrected chi connectivity index (χ1v) is 9.95. The first-order valence-electron chi connectivity index (χ1n) is 7.03. The van der Waals surface area contributed by atoms with Gasteiger partial charge >= 0.3 is 11.9 Å². The molecule has 0 aliphatic rings. The second-order valence-electron chi connectivity index (χ2n) is 4.73.